The lowest BCUT2D eigenvalue weighted by Gasteiger charge is -2.50. The molecule has 3 fully saturated rings. The van der Waals surface area contributed by atoms with E-state index in [1.165, 1.54) is 7.11 Å². The molecule has 0 aromatic rings. The van der Waals surface area contributed by atoms with Gasteiger partial charge in [0.15, 0.2) is 61.6 Å². The largest absolute Gasteiger partial charge is 0.463 e. The molecule has 0 unspecified atom stereocenters. The Labute approximate surface area is 337 Å². The van der Waals surface area contributed by atoms with Gasteiger partial charge in [-0.25, -0.2) is 0 Å². The van der Waals surface area contributed by atoms with Crippen molar-refractivity contribution in [1.29, 1.82) is 0 Å². The Morgan fingerprint density at radius 3 is 1.02 bits per heavy atom. The molecule has 3 aliphatic heterocycles. The van der Waals surface area contributed by atoms with Crippen LogP contribution >= 0.6 is 0 Å². The summed E-state index contributed by atoms with van der Waals surface area (Å²) in [4.78, 5) is 98.6. The maximum Gasteiger partial charge on any atom is 0.303 e. The monoisotopic (exact) mass is 854 g/mol. The minimum Gasteiger partial charge on any atom is -0.463 e. The minimum absolute atomic E-state index is 0.585. The molecule has 3 heterocycles. The van der Waals surface area contributed by atoms with Crippen LogP contribution in [-0.4, -0.2) is 177 Å². The molecule has 0 aromatic heterocycles. The van der Waals surface area contributed by atoms with Gasteiger partial charge in [-0.1, -0.05) is 0 Å². The Kier molecular flexibility index (Phi) is 18.3. The first-order valence-electron chi connectivity index (χ1n) is 18.1. The van der Waals surface area contributed by atoms with E-state index >= 15 is 0 Å². The summed E-state index contributed by atoms with van der Waals surface area (Å²) in [7, 11) is 1.18. The lowest BCUT2D eigenvalue weighted by atomic mass is 9.95. The maximum atomic E-state index is 12.7. The van der Waals surface area contributed by atoms with E-state index in [2.05, 4.69) is 0 Å². The topological polar surface area (TPSA) is 306 Å². The summed E-state index contributed by atoms with van der Waals surface area (Å²) in [6.45, 7) is 5.64. The molecular formula is C35H50O24. The van der Waals surface area contributed by atoms with Crippen LogP contribution in [0.5, 0.6) is 0 Å². The molecule has 0 saturated carbocycles. The molecule has 2 N–H and O–H groups in total. The van der Waals surface area contributed by atoms with Crippen molar-refractivity contribution in [2.24, 2.45) is 0 Å². The number of rotatable bonds is 16. The maximum absolute atomic E-state index is 12.7. The predicted octanol–water partition coefficient (Wildman–Crippen LogP) is -2.35. The summed E-state index contributed by atoms with van der Waals surface area (Å²) in [5, 5.41) is 21.0. The van der Waals surface area contributed by atoms with Crippen LogP contribution in [0.25, 0.3) is 0 Å². The van der Waals surface area contributed by atoms with Gasteiger partial charge >= 0.3 is 47.8 Å². The molecule has 0 aromatic carbocycles. The Bertz CT molecular complexity index is 1520. The molecule has 0 bridgehead atoms. The van der Waals surface area contributed by atoms with Crippen molar-refractivity contribution in [2.75, 3.05) is 26.9 Å². The predicted molar refractivity (Wildman–Crippen MR) is 182 cm³/mol. The third kappa shape index (κ3) is 13.5. The summed E-state index contributed by atoms with van der Waals surface area (Å²) in [6.07, 6.45) is -25.1. The molecule has 0 aliphatic carbocycles. The molecule has 24 nitrogen and oxygen atoms in total. The molecule has 59 heavy (non-hydrogen) atoms. The molecule has 0 amide bonds. The second kappa shape index (κ2) is 22.2. The highest BCUT2D eigenvalue weighted by Crippen LogP contribution is 2.37. The Hall–Kier alpha value is -4.56. The van der Waals surface area contributed by atoms with E-state index in [4.69, 9.17) is 66.3 Å². The highest BCUT2D eigenvalue weighted by molar-refractivity contribution is 5.69. The van der Waals surface area contributed by atoms with Crippen LogP contribution < -0.4 is 0 Å². The summed E-state index contributed by atoms with van der Waals surface area (Å²) in [5.41, 5.74) is 0. The molecule has 24 heteroatoms. The fourth-order valence-corrected chi connectivity index (χ4v) is 6.57. The number of ether oxygens (including phenoxy) is 14. The van der Waals surface area contributed by atoms with Gasteiger partial charge in [-0.15, -0.1) is 0 Å². The van der Waals surface area contributed by atoms with Gasteiger partial charge in [-0.05, 0) is 0 Å². The molecule has 3 saturated heterocycles. The van der Waals surface area contributed by atoms with Gasteiger partial charge in [0.2, 0.25) is 0 Å². The van der Waals surface area contributed by atoms with Crippen molar-refractivity contribution in [3.63, 3.8) is 0 Å². The van der Waals surface area contributed by atoms with Gasteiger partial charge in [0, 0.05) is 62.5 Å². The van der Waals surface area contributed by atoms with E-state index in [0.29, 0.717) is 0 Å². The van der Waals surface area contributed by atoms with E-state index in [1.807, 2.05) is 0 Å². The number of aliphatic hydroxyl groups is 2. The van der Waals surface area contributed by atoms with E-state index in [9.17, 15) is 48.6 Å². The fourth-order valence-electron chi connectivity index (χ4n) is 6.57. The van der Waals surface area contributed by atoms with Crippen molar-refractivity contribution in [3.8, 4) is 0 Å². The van der Waals surface area contributed by atoms with Gasteiger partial charge in [-0.2, -0.15) is 0 Å². The van der Waals surface area contributed by atoms with Crippen LogP contribution in [0.3, 0.4) is 0 Å². The second-order valence-electron chi connectivity index (χ2n) is 13.3. The number of hydrogen-bond donors (Lipinski definition) is 2. The lowest BCUT2D eigenvalue weighted by Crippen LogP contribution is -2.68. The highest BCUT2D eigenvalue weighted by atomic mass is 16.8. The number of aliphatic hydroxyl groups excluding tert-OH is 2. The zero-order chi connectivity index (χ0) is 44.3. The highest BCUT2D eigenvalue weighted by Gasteiger charge is 2.59. The van der Waals surface area contributed by atoms with Crippen LogP contribution in [0.15, 0.2) is 0 Å². The van der Waals surface area contributed by atoms with Crippen LogP contribution in [-0.2, 0) is 105 Å². The summed E-state index contributed by atoms with van der Waals surface area (Å²) in [5.74, 6) is -7.39. The van der Waals surface area contributed by atoms with Gasteiger partial charge in [0.05, 0.1) is 13.2 Å². The SMILES string of the molecule is CO[C@@H]1O[C@H](COC(C)=O)[C@@H](O[C@H]2O[C@H](CO)[C@@H](O[C@H]3O[C@H](CO)[C@@H](OC(C)=O)[C@H](OC(C)=O)[C@H]3OC(C)=O)[C@H](OC(C)=O)[C@H]2OC(C)=O)[C@H](OC(C)=O)[C@H]1OC(C)=O. The minimum atomic E-state index is -1.92. The van der Waals surface area contributed by atoms with Gasteiger partial charge in [0.1, 0.15) is 37.1 Å². The van der Waals surface area contributed by atoms with Crippen LogP contribution in [0.4, 0.5) is 0 Å². The number of carbonyl (C=O) groups excluding carboxylic acids is 8. The number of methoxy groups -OCH3 is 1. The Morgan fingerprint density at radius 1 is 0.390 bits per heavy atom. The average Bonchev–Trinajstić information content (AvgIpc) is 3.11. The zero-order valence-electron chi connectivity index (χ0n) is 33.7. The molecule has 334 valence electrons. The van der Waals surface area contributed by atoms with Crippen LogP contribution in [0, 0.1) is 0 Å². The van der Waals surface area contributed by atoms with E-state index < -0.39 is 160 Å². The molecular weight excluding hydrogens is 804 g/mol. The van der Waals surface area contributed by atoms with E-state index in [1.54, 1.807) is 0 Å². The number of esters is 8. The molecule has 3 rings (SSSR count). The smallest absolute Gasteiger partial charge is 0.303 e. The first-order valence-corrected chi connectivity index (χ1v) is 18.1. The van der Waals surface area contributed by atoms with Crippen molar-refractivity contribution in [2.45, 2.75) is 148 Å². The molecule has 3 aliphatic rings. The average molecular weight is 855 g/mol. The number of carbonyl (C=O) groups is 8. The van der Waals surface area contributed by atoms with Crippen LogP contribution in [0.2, 0.25) is 0 Å². The lowest BCUT2D eigenvalue weighted by molar-refractivity contribution is -0.379. The standard InChI is InChI=1S/C35H50O24/c1-13(38)47-12-23-26(29(51-17(5)42)30(52-18(6)43)33(46-9)57-23)59-35-32(54-20(8)45)28(50-16(4)41)25(22(11-37)56-35)58-34-31(53-19(7)44)27(49-15(3)40)24(48-14(2)39)21(10-36)55-34/h21-37H,10-12H2,1-9H3/t21-,22-,23-,24-,25-,26-,27+,28+,29+,30-,31-,32-,33-,34-,35-/m1/s1. The van der Waals surface area contributed by atoms with Gasteiger partial charge < -0.3 is 76.5 Å². The van der Waals surface area contributed by atoms with Crippen molar-refractivity contribution in [3.05, 3.63) is 0 Å². The summed E-state index contributed by atoms with van der Waals surface area (Å²) < 4.78 is 79.0. The summed E-state index contributed by atoms with van der Waals surface area (Å²) >= 11 is 0. The molecule has 0 radical (unpaired) electrons. The third-order valence-electron chi connectivity index (χ3n) is 8.51. The van der Waals surface area contributed by atoms with E-state index in [-0.39, 0.29) is 0 Å². The quantitative estimate of drug-likeness (QED) is 0.121. The molecule has 0 spiro atoms. The third-order valence-corrected chi connectivity index (χ3v) is 8.51. The van der Waals surface area contributed by atoms with Crippen molar-refractivity contribution >= 4 is 47.8 Å². The normalized spacial score (nSPS) is 34.3. The first-order chi connectivity index (χ1) is 27.7. The summed E-state index contributed by atoms with van der Waals surface area (Å²) in [6, 6.07) is 0. The Balaban J connectivity index is 2.18. The van der Waals surface area contributed by atoms with E-state index in [0.717, 1.165) is 55.4 Å². The Morgan fingerprint density at radius 2 is 0.678 bits per heavy atom. The van der Waals surface area contributed by atoms with Crippen molar-refractivity contribution < 1.29 is 115 Å². The van der Waals surface area contributed by atoms with Crippen LogP contribution in [0.1, 0.15) is 55.4 Å². The zero-order valence-corrected chi connectivity index (χ0v) is 33.7. The fraction of sp³-hybridized carbons (Fsp3) is 0.771. The first kappa shape index (κ1) is 48.8. The van der Waals surface area contributed by atoms with Gasteiger partial charge in [0.25, 0.3) is 0 Å². The van der Waals surface area contributed by atoms with Gasteiger partial charge in [-0.3, -0.25) is 38.4 Å². The number of hydrogen-bond acceptors (Lipinski definition) is 24. The second-order valence-corrected chi connectivity index (χ2v) is 13.3. The van der Waals surface area contributed by atoms with Crippen molar-refractivity contribution in [1.82, 2.24) is 0 Å². The molecule has 15 atom stereocenters.